The summed E-state index contributed by atoms with van der Waals surface area (Å²) in [6.07, 6.45) is -8.44. The van der Waals surface area contributed by atoms with Crippen LogP contribution < -0.4 is 5.32 Å². The van der Waals surface area contributed by atoms with E-state index in [2.05, 4.69) is 5.32 Å². The van der Waals surface area contributed by atoms with Crippen molar-refractivity contribution in [1.29, 1.82) is 0 Å². The number of aryl methyl sites for hydroxylation is 1. The molecule has 0 bridgehead atoms. The maximum absolute atomic E-state index is 15.7. The number of nitrogens with zero attached hydrogens (tertiary/aromatic N) is 1. The molecule has 248 valence electrons. The van der Waals surface area contributed by atoms with Gasteiger partial charge in [0.05, 0.1) is 25.2 Å². The largest absolute Gasteiger partial charge is 0.395 e. The Morgan fingerprint density at radius 3 is 2.29 bits per heavy atom. The van der Waals surface area contributed by atoms with E-state index in [9.17, 15) is 35.1 Å². The number of carbonyl (C=O) groups excluding carboxylic acids is 2. The lowest BCUT2D eigenvalue weighted by Gasteiger charge is -2.37. The van der Waals surface area contributed by atoms with Gasteiger partial charge in [-0.15, -0.1) is 0 Å². The number of nitrogens with one attached hydrogen (secondary N) is 1. The van der Waals surface area contributed by atoms with Crippen molar-refractivity contribution < 1.29 is 48.7 Å². The lowest BCUT2D eigenvalue weighted by molar-refractivity contribution is -0.274. The fourth-order valence-electron chi connectivity index (χ4n) is 6.50. The summed E-state index contributed by atoms with van der Waals surface area (Å²) in [4.78, 5) is 27.7. The van der Waals surface area contributed by atoms with Crippen molar-refractivity contribution in [3.63, 3.8) is 0 Å². The van der Waals surface area contributed by atoms with Crippen molar-refractivity contribution in [1.82, 2.24) is 4.90 Å². The topological polar surface area (TPSA) is 169 Å². The first kappa shape index (κ1) is 35.1. The molecule has 2 aromatic carbocycles. The summed E-state index contributed by atoms with van der Waals surface area (Å²) < 4.78 is 27.1. The standard InChI is InChI=1S/C32H45FN2O9Si/c1-19-23(13-12-20-10-7-11-22(16-20)34-31(41)29-27(39)26(38)28(40)32(42)44-29)43-24(30(19)45(2,3)33)17-25(37)35(14-15-36)18-21-8-5-4-6-9-21/h4-11,16,19,23-24,26-30,32,36,38-40,42H,12-15,17-18H2,1-3H3,(H,34,41)/t19-,23+,24-,26+,27+,28-,29+,30+,32-/m1/s1. The molecule has 13 heteroatoms. The number of hydrogen-bond acceptors (Lipinski definition) is 9. The number of hydrogen-bond donors (Lipinski definition) is 6. The normalized spacial score (nSPS) is 30.2. The lowest BCUT2D eigenvalue weighted by atomic mass is 9.95. The number of ether oxygens (including phenoxy) is 2. The summed E-state index contributed by atoms with van der Waals surface area (Å²) in [5, 5.41) is 51.7. The monoisotopic (exact) mass is 648 g/mol. The average molecular weight is 649 g/mol. The van der Waals surface area contributed by atoms with E-state index in [-0.39, 0.29) is 37.5 Å². The van der Waals surface area contributed by atoms with Crippen molar-refractivity contribution in [2.24, 2.45) is 5.92 Å². The predicted octanol–water partition coefficient (Wildman–Crippen LogP) is 1.72. The van der Waals surface area contributed by atoms with Crippen LogP contribution in [-0.4, -0.2) is 107 Å². The second-order valence-electron chi connectivity index (χ2n) is 12.5. The van der Waals surface area contributed by atoms with Crippen LogP contribution in [0.15, 0.2) is 54.6 Å². The highest BCUT2D eigenvalue weighted by atomic mass is 28.4. The minimum Gasteiger partial charge on any atom is -0.395 e. The van der Waals surface area contributed by atoms with E-state index in [1.807, 2.05) is 43.3 Å². The van der Waals surface area contributed by atoms with E-state index in [1.54, 1.807) is 36.2 Å². The van der Waals surface area contributed by atoms with Crippen molar-refractivity contribution in [3.8, 4) is 0 Å². The second-order valence-corrected chi connectivity index (χ2v) is 16.3. The maximum atomic E-state index is 15.7. The molecule has 2 amide bonds. The average Bonchev–Trinajstić information content (AvgIpc) is 3.31. The summed E-state index contributed by atoms with van der Waals surface area (Å²) in [7, 11) is -3.23. The van der Waals surface area contributed by atoms with E-state index >= 15 is 4.11 Å². The molecule has 2 aliphatic rings. The SMILES string of the molecule is C[C@H]1[C@H]([Si](C)(C)F)[C@@H](CC(=O)N(CCO)Cc2ccccc2)O[C@H]1CCc1cccc(NC(=O)[C@H]2O[C@@H](O)[C@H](O)[C@@H](O)[C@@H]2O)c1. The molecule has 9 atom stereocenters. The number of anilines is 1. The third-order valence-corrected chi connectivity index (χ3v) is 11.3. The molecule has 2 fully saturated rings. The first-order chi connectivity index (χ1) is 21.3. The highest BCUT2D eigenvalue weighted by molar-refractivity contribution is 6.72. The van der Waals surface area contributed by atoms with Crippen LogP contribution >= 0.6 is 0 Å². The minimum absolute atomic E-state index is 0.0235. The van der Waals surface area contributed by atoms with Gasteiger partial charge in [-0.2, -0.15) is 0 Å². The van der Waals surface area contributed by atoms with Gasteiger partial charge in [-0.05, 0) is 55.1 Å². The molecular weight excluding hydrogens is 603 g/mol. The molecule has 0 radical (unpaired) electrons. The Balaban J connectivity index is 1.39. The highest BCUT2D eigenvalue weighted by Gasteiger charge is 2.52. The number of benzene rings is 2. The van der Waals surface area contributed by atoms with E-state index in [0.717, 1.165) is 11.1 Å². The number of amides is 2. The number of rotatable bonds is 12. The van der Waals surface area contributed by atoms with Crippen LogP contribution in [0, 0.1) is 5.92 Å². The van der Waals surface area contributed by atoms with Crippen LogP contribution in [0.1, 0.15) is 30.9 Å². The molecule has 0 aliphatic carbocycles. The second kappa shape index (κ2) is 15.2. The Kier molecular flexibility index (Phi) is 11.9. The van der Waals surface area contributed by atoms with E-state index < -0.39 is 56.7 Å². The number of carbonyl (C=O) groups is 2. The number of aliphatic hydroxyl groups excluding tert-OH is 5. The zero-order chi connectivity index (χ0) is 32.9. The first-order valence-electron chi connectivity index (χ1n) is 15.3. The Bertz CT molecular complexity index is 1280. The summed E-state index contributed by atoms with van der Waals surface area (Å²) in [6, 6.07) is 16.5. The van der Waals surface area contributed by atoms with Crippen LogP contribution in [0.4, 0.5) is 9.80 Å². The zero-order valence-corrected chi connectivity index (χ0v) is 26.8. The minimum atomic E-state index is -3.23. The van der Waals surface area contributed by atoms with Crippen LogP contribution in [0.2, 0.25) is 18.6 Å². The van der Waals surface area contributed by atoms with Gasteiger partial charge < -0.3 is 49.3 Å². The molecule has 11 nitrogen and oxygen atoms in total. The molecule has 2 aromatic rings. The van der Waals surface area contributed by atoms with E-state index in [4.69, 9.17) is 9.47 Å². The summed E-state index contributed by atoms with van der Waals surface area (Å²) in [5.41, 5.74) is 1.79. The lowest BCUT2D eigenvalue weighted by Crippen LogP contribution is -2.60. The summed E-state index contributed by atoms with van der Waals surface area (Å²) >= 11 is 0. The number of aliphatic hydroxyl groups is 5. The smallest absolute Gasteiger partial charge is 0.256 e. The van der Waals surface area contributed by atoms with E-state index in [0.29, 0.717) is 25.1 Å². The third kappa shape index (κ3) is 8.74. The van der Waals surface area contributed by atoms with Crippen LogP contribution in [-0.2, 0) is 32.0 Å². The zero-order valence-electron chi connectivity index (χ0n) is 25.8. The van der Waals surface area contributed by atoms with E-state index in [1.165, 1.54) is 0 Å². The van der Waals surface area contributed by atoms with Crippen LogP contribution in [0.25, 0.3) is 0 Å². The van der Waals surface area contributed by atoms with Crippen molar-refractivity contribution in [2.75, 3.05) is 18.5 Å². The molecule has 0 saturated carbocycles. The van der Waals surface area contributed by atoms with Crippen molar-refractivity contribution in [3.05, 3.63) is 65.7 Å². The number of halogens is 1. The molecule has 2 heterocycles. The molecule has 45 heavy (non-hydrogen) atoms. The molecule has 4 rings (SSSR count). The summed E-state index contributed by atoms with van der Waals surface area (Å²) in [5.74, 6) is -1.12. The fourth-order valence-corrected chi connectivity index (χ4v) is 9.04. The summed E-state index contributed by atoms with van der Waals surface area (Å²) in [6.45, 7) is 5.58. The molecule has 6 N–H and O–H groups in total. The Morgan fingerprint density at radius 1 is 0.933 bits per heavy atom. The quantitative estimate of drug-likeness (QED) is 0.148. The third-order valence-electron chi connectivity index (χ3n) is 8.77. The van der Waals surface area contributed by atoms with Gasteiger partial charge in [-0.1, -0.05) is 49.4 Å². The van der Waals surface area contributed by atoms with Gasteiger partial charge in [0.1, 0.15) is 18.3 Å². The van der Waals surface area contributed by atoms with Gasteiger partial charge in [0, 0.05) is 24.3 Å². The molecule has 2 saturated heterocycles. The van der Waals surface area contributed by atoms with Gasteiger partial charge in [-0.25, -0.2) is 0 Å². The van der Waals surface area contributed by atoms with Crippen molar-refractivity contribution in [2.45, 2.75) is 94.3 Å². The van der Waals surface area contributed by atoms with Gasteiger partial charge in [0.25, 0.3) is 5.91 Å². The van der Waals surface area contributed by atoms with Gasteiger partial charge in [0.2, 0.25) is 14.3 Å². The molecule has 0 aromatic heterocycles. The van der Waals surface area contributed by atoms with Crippen molar-refractivity contribution >= 4 is 25.9 Å². The Labute approximate surface area is 263 Å². The first-order valence-corrected chi connectivity index (χ1v) is 18.3. The molecule has 0 spiro atoms. The predicted molar refractivity (Wildman–Crippen MR) is 166 cm³/mol. The van der Waals surface area contributed by atoms with Gasteiger partial charge in [0.15, 0.2) is 12.4 Å². The molecule has 0 unspecified atom stereocenters. The van der Waals surface area contributed by atoms with Gasteiger partial charge >= 0.3 is 0 Å². The maximum Gasteiger partial charge on any atom is 0.256 e. The Morgan fingerprint density at radius 2 is 1.62 bits per heavy atom. The Hall–Kier alpha value is -2.75. The highest BCUT2D eigenvalue weighted by Crippen LogP contribution is 2.47. The van der Waals surface area contributed by atoms with Crippen LogP contribution in [0.3, 0.4) is 0 Å². The fraction of sp³-hybridized carbons (Fsp3) is 0.562. The molecular formula is C32H45FN2O9Si. The van der Waals surface area contributed by atoms with Gasteiger partial charge in [-0.3, -0.25) is 9.59 Å². The molecule has 2 aliphatic heterocycles. The van der Waals surface area contributed by atoms with Crippen LogP contribution in [0.5, 0.6) is 0 Å².